The molecule has 0 spiro atoms. The van der Waals surface area contributed by atoms with Crippen molar-refractivity contribution < 1.29 is 0 Å². The number of aromatic nitrogens is 3. The average Bonchev–Trinajstić information content (AvgIpc) is 2.94. The summed E-state index contributed by atoms with van der Waals surface area (Å²) in [6.07, 6.45) is 2.53. The maximum Gasteiger partial charge on any atom is 0.146 e. The molecule has 0 aliphatic carbocycles. The van der Waals surface area contributed by atoms with Gasteiger partial charge in [0.1, 0.15) is 17.8 Å². The molecule has 0 atom stereocenters. The molecule has 0 fully saturated rings. The van der Waals surface area contributed by atoms with Gasteiger partial charge in [-0.2, -0.15) is 0 Å². The Morgan fingerprint density at radius 2 is 1.75 bits per heavy atom. The molecular formula is C23H23ClN4. The maximum absolute atomic E-state index is 6.08. The number of nitrogens with one attached hydrogen (secondary N) is 1. The zero-order valence-electron chi connectivity index (χ0n) is 16.1. The minimum absolute atomic E-state index is 0.770. The first kappa shape index (κ1) is 18.5. The Balaban J connectivity index is 1.60. The molecule has 0 saturated heterocycles. The number of aryl methyl sites for hydroxylation is 1. The van der Waals surface area contributed by atoms with E-state index in [0.29, 0.717) is 0 Å². The Morgan fingerprint density at radius 3 is 2.54 bits per heavy atom. The third-order valence-corrected chi connectivity index (χ3v) is 5.42. The first-order valence-corrected chi connectivity index (χ1v) is 9.84. The van der Waals surface area contributed by atoms with Gasteiger partial charge in [0.2, 0.25) is 0 Å². The van der Waals surface area contributed by atoms with Gasteiger partial charge in [-0.1, -0.05) is 54.1 Å². The molecule has 4 rings (SSSR count). The number of rotatable bonds is 6. The fourth-order valence-corrected chi connectivity index (χ4v) is 3.79. The normalized spacial score (nSPS) is 11.1. The van der Waals surface area contributed by atoms with Crippen molar-refractivity contribution in [3.8, 4) is 0 Å². The van der Waals surface area contributed by atoms with Crippen LogP contribution >= 0.6 is 11.6 Å². The van der Waals surface area contributed by atoms with Gasteiger partial charge in [0.05, 0.1) is 5.39 Å². The highest BCUT2D eigenvalue weighted by molar-refractivity contribution is 6.30. The largest absolute Gasteiger partial charge is 0.369 e. The van der Waals surface area contributed by atoms with Crippen LogP contribution < -0.4 is 5.32 Å². The van der Waals surface area contributed by atoms with E-state index in [9.17, 15) is 0 Å². The summed E-state index contributed by atoms with van der Waals surface area (Å²) in [5.41, 5.74) is 5.88. The van der Waals surface area contributed by atoms with Gasteiger partial charge in [-0.05, 0) is 49.1 Å². The molecule has 0 amide bonds. The quantitative estimate of drug-likeness (QED) is 0.479. The van der Waals surface area contributed by atoms with Crippen molar-refractivity contribution in [2.24, 2.45) is 0 Å². The van der Waals surface area contributed by atoms with Crippen molar-refractivity contribution in [3.05, 3.63) is 88.3 Å². The van der Waals surface area contributed by atoms with Crippen molar-refractivity contribution in [1.29, 1.82) is 0 Å². The molecule has 2 heterocycles. The molecule has 1 N–H and O–H groups in total. The van der Waals surface area contributed by atoms with Crippen molar-refractivity contribution in [2.75, 3.05) is 11.9 Å². The van der Waals surface area contributed by atoms with E-state index >= 15 is 0 Å². The van der Waals surface area contributed by atoms with Crippen LogP contribution in [0.3, 0.4) is 0 Å². The van der Waals surface area contributed by atoms with E-state index in [0.717, 1.165) is 41.4 Å². The van der Waals surface area contributed by atoms with Gasteiger partial charge in [0.15, 0.2) is 0 Å². The molecule has 2 aromatic heterocycles. The molecule has 28 heavy (non-hydrogen) atoms. The van der Waals surface area contributed by atoms with E-state index in [1.807, 2.05) is 24.3 Å². The number of nitrogens with zero attached hydrogens (tertiary/aromatic N) is 3. The fraction of sp³-hybridized carbons (Fsp3) is 0.217. The highest BCUT2D eigenvalue weighted by Gasteiger charge is 2.16. The summed E-state index contributed by atoms with van der Waals surface area (Å²) in [6, 6.07) is 18.4. The predicted molar refractivity (Wildman–Crippen MR) is 116 cm³/mol. The second-order valence-electron chi connectivity index (χ2n) is 7.01. The number of halogens is 1. The minimum Gasteiger partial charge on any atom is -0.369 e. The van der Waals surface area contributed by atoms with E-state index in [2.05, 4.69) is 64.0 Å². The second-order valence-corrected chi connectivity index (χ2v) is 7.45. The number of hydrogen-bond donors (Lipinski definition) is 1. The molecule has 0 aliphatic rings. The first-order chi connectivity index (χ1) is 13.6. The highest BCUT2D eigenvalue weighted by Crippen LogP contribution is 2.29. The van der Waals surface area contributed by atoms with Crippen molar-refractivity contribution in [1.82, 2.24) is 14.5 Å². The van der Waals surface area contributed by atoms with Crippen LogP contribution in [-0.2, 0) is 13.0 Å². The summed E-state index contributed by atoms with van der Waals surface area (Å²) in [7, 11) is 0. The SMILES string of the molecule is Cc1c(C)n(Cc2ccccc2)c2ncnc(NCCc3cccc(Cl)c3)c12. The lowest BCUT2D eigenvalue weighted by Gasteiger charge is -2.09. The fourth-order valence-electron chi connectivity index (χ4n) is 3.58. The van der Waals surface area contributed by atoms with E-state index in [1.165, 1.54) is 22.4 Å². The summed E-state index contributed by atoms with van der Waals surface area (Å²) in [5.74, 6) is 0.888. The maximum atomic E-state index is 6.08. The number of anilines is 1. The van der Waals surface area contributed by atoms with Crippen LogP contribution in [0.4, 0.5) is 5.82 Å². The lowest BCUT2D eigenvalue weighted by molar-refractivity contribution is 0.790. The summed E-state index contributed by atoms with van der Waals surface area (Å²) in [6.45, 7) is 5.88. The molecule has 0 bridgehead atoms. The molecule has 2 aromatic carbocycles. The van der Waals surface area contributed by atoms with E-state index in [-0.39, 0.29) is 0 Å². The Kier molecular flexibility index (Phi) is 5.31. The number of benzene rings is 2. The van der Waals surface area contributed by atoms with Gasteiger partial charge >= 0.3 is 0 Å². The molecule has 4 aromatic rings. The zero-order chi connectivity index (χ0) is 19.5. The molecule has 0 radical (unpaired) electrons. The summed E-state index contributed by atoms with van der Waals surface area (Å²) in [4.78, 5) is 9.11. The lowest BCUT2D eigenvalue weighted by atomic mass is 10.1. The van der Waals surface area contributed by atoms with Gasteiger partial charge in [0.25, 0.3) is 0 Å². The van der Waals surface area contributed by atoms with Crippen LogP contribution in [0.1, 0.15) is 22.4 Å². The summed E-state index contributed by atoms with van der Waals surface area (Å²) in [5, 5.41) is 5.36. The standard InChI is InChI=1S/C23H23ClN4/c1-16-17(2)28(14-19-7-4-3-5-8-19)23-21(16)22(26-15-27-23)25-12-11-18-9-6-10-20(24)13-18/h3-10,13,15H,11-12,14H2,1-2H3,(H,25,26,27). The van der Waals surface area contributed by atoms with Crippen molar-refractivity contribution in [3.63, 3.8) is 0 Å². The predicted octanol–water partition coefficient (Wildman–Crippen LogP) is 5.40. The molecule has 142 valence electrons. The summed E-state index contributed by atoms with van der Waals surface area (Å²) >= 11 is 6.08. The van der Waals surface area contributed by atoms with Gasteiger partial charge in [0, 0.05) is 23.8 Å². The zero-order valence-corrected chi connectivity index (χ0v) is 16.9. The van der Waals surface area contributed by atoms with Crippen LogP contribution in [0, 0.1) is 13.8 Å². The van der Waals surface area contributed by atoms with Gasteiger partial charge < -0.3 is 9.88 Å². The smallest absolute Gasteiger partial charge is 0.146 e. The van der Waals surface area contributed by atoms with Crippen molar-refractivity contribution >= 4 is 28.5 Å². The van der Waals surface area contributed by atoms with Crippen molar-refractivity contribution in [2.45, 2.75) is 26.8 Å². The topological polar surface area (TPSA) is 42.7 Å². The number of fused-ring (bicyclic) bond motifs is 1. The summed E-state index contributed by atoms with van der Waals surface area (Å²) < 4.78 is 2.27. The molecule has 4 nitrogen and oxygen atoms in total. The minimum atomic E-state index is 0.770. The van der Waals surface area contributed by atoms with Crippen LogP contribution in [0.5, 0.6) is 0 Å². The van der Waals surface area contributed by atoms with E-state index in [4.69, 9.17) is 11.6 Å². The highest BCUT2D eigenvalue weighted by atomic mass is 35.5. The van der Waals surface area contributed by atoms with E-state index < -0.39 is 0 Å². The van der Waals surface area contributed by atoms with Gasteiger partial charge in [-0.3, -0.25) is 0 Å². The van der Waals surface area contributed by atoms with Crippen LogP contribution in [0.15, 0.2) is 60.9 Å². The molecule has 5 heteroatoms. The third-order valence-electron chi connectivity index (χ3n) is 5.18. The lowest BCUT2D eigenvalue weighted by Crippen LogP contribution is -2.07. The first-order valence-electron chi connectivity index (χ1n) is 9.46. The Hall–Kier alpha value is -2.85. The van der Waals surface area contributed by atoms with Gasteiger partial charge in [-0.15, -0.1) is 0 Å². The van der Waals surface area contributed by atoms with E-state index in [1.54, 1.807) is 6.33 Å². The molecule has 0 aliphatic heterocycles. The Bertz CT molecular complexity index is 1100. The van der Waals surface area contributed by atoms with Crippen LogP contribution in [0.25, 0.3) is 11.0 Å². The Labute approximate surface area is 170 Å². The van der Waals surface area contributed by atoms with Gasteiger partial charge in [-0.25, -0.2) is 9.97 Å². The molecule has 0 unspecified atom stereocenters. The Morgan fingerprint density at radius 1 is 0.964 bits per heavy atom. The third kappa shape index (κ3) is 3.73. The van der Waals surface area contributed by atoms with Crippen LogP contribution in [-0.4, -0.2) is 21.1 Å². The average molecular weight is 391 g/mol. The molecule has 0 saturated carbocycles. The molecular weight excluding hydrogens is 368 g/mol. The van der Waals surface area contributed by atoms with Crippen LogP contribution in [0.2, 0.25) is 5.02 Å². The second kappa shape index (κ2) is 8.03. The number of hydrogen-bond acceptors (Lipinski definition) is 3. The monoisotopic (exact) mass is 390 g/mol.